The number of alkyl halides is 6. The zero-order valence-corrected chi connectivity index (χ0v) is 14.0. The topological polar surface area (TPSA) is 58.4 Å². The van der Waals surface area contributed by atoms with E-state index in [2.05, 4.69) is 5.32 Å². The van der Waals surface area contributed by atoms with Crippen molar-refractivity contribution in [3.05, 3.63) is 35.1 Å². The van der Waals surface area contributed by atoms with Crippen LogP contribution in [0, 0.1) is 17.7 Å². The molecule has 1 aliphatic heterocycles. The van der Waals surface area contributed by atoms with Crippen molar-refractivity contribution in [3.8, 4) is 0 Å². The van der Waals surface area contributed by atoms with Crippen LogP contribution in [-0.2, 0) is 12.7 Å². The molecule has 2 atom stereocenters. The minimum absolute atomic E-state index is 0.192. The van der Waals surface area contributed by atoms with Crippen molar-refractivity contribution in [1.29, 1.82) is 0 Å². The molecule has 1 aromatic carbocycles. The number of amides is 2. The molecule has 3 N–H and O–H groups in total. The first kappa shape index (κ1) is 21.3. The summed E-state index contributed by atoms with van der Waals surface area (Å²) >= 11 is 0. The fourth-order valence-electron chi connectivity index (χ4n) is 3.14. The fraction of sp³-hybridized carbons (Fsp3) is 0.562. The van der Waals surface area contributed by atoms with E-state index in [9.17, 15) is 35.5 Å². The molecule has 0 spiro atoms. The van der Waals surface area contributed by atoms with Crippen LogP contribution in [0.1, 0.15) is 17.5 Å². The second kappa shape index (κ2) is 7.91. The molecule has 4 nitrogen and oxygen atoms in total. The second-order valence-corrected chi connectivity index (χ2v) is 6.34. The Bertz CT molecular complexity index is 675. The van der Waals surface area contributed by atoms with Gasteiger partial charge in [0.15, 0.2) is 0 Å². The summed E-state index contributed by atoms with van der Waals surface area (Å²) in [7, 11) is 0. The molecule has 0 saturated carbocycles. The highest BCUT2D eigenvalue weighted by molar-refractivity contribution is 5.74. The maximum atomic E-state index is 13.1. The third kappa shape index (κ3) is 5.24. The van der Waals surface area contributed by atoms with Crippen LogP contribution in [0.25, 0.3) is 0 Å². The third-order valence-electron chi connectivity index (χ3n) is 4.55. The molecule has 1 fully saturated rings. The zero-order chi connectivity index (χ0) is 20.4. The van der Waals surface area contributed by atoms with E-state index in [1.54, 1.807) is 0 Å². The van der Waals surface area contributed by atoms with E-state index in [1.807, 2.05) is 0 Å². The van der Waals surface area contributed by atoms with Crippen molar-refractivity contribution < 1.29 is 35.5 Å². The number of urea groups is 1. The predicted octanol–water partition coefficient (Wildman–Crippen LogP) is 3.51. The first-order valence-corrected chi connectivity index (χ1v) is 8.08. The average Bonchev–Trinajstić information content (AvgIpc) is 2.58. The molecule has 152 valence electrons. The average molecular weight is 401 g/mol. The minimum Gasteiger partial charge on any atom is -0.334 e. The van der Waals surface area contributed by atoms with E-state index in [0.29, 0.717) is 6.07 Å². The predicted molar refractivity (Wildman–Crippen MR) is 81.9 cm³/mol. The molecule has 1 aliphatic rings. The van der Waals surface area contributed by atoms with E-state index < -0.39 is 48.1 Å². The van der Waals surface area contributed by atoms with Gasteiger partial charge in [0, 0.05) is 25.6 Å². The summed E-state index contributed by atoms with van der Waals surface area (Å²) in [5.41, 5.74) is 3.81. The lowest BCUT2D eigenvalue weighted by Gasteiger charge is -2.38. The number of halogens is 7. The van der Waals surface area contributed by atoms with Crippen LogP contribution in [0.15, 0.2) is 18.2 Å². The van der Waals surface area contributed by atoms with Gasteiger partial charge >= 0.3 is 18.4 Å². The van der Waals surface area contributed by atoms with Gasteiger partial charge in [-0.1, -0.05) is 6.07 Å². The summed E-state index contributed by atoms with van der Waals surface area (Å²) in [6.07, 6.45) is -9.57. The van der Waals surface area contributed by atoms with Crippen molar-refractivity contribution in [2.45, 2.75) is 25.3 Å². The van der Waals surface area contributed by atoms with Crippen molar-refractivity contribution in [2.75, 3.05) is 19.6 Å². The summed E-state index contributed by atoms with van der Waals surface area (Å²) in [5.74, 6) is -3.68. The van der Waals surface area contributed by atoms with E-state index >= 15 is 0 Å². The molecule has 27 heavy (non-hydrogen) atoms. The second-order valence-electron chi connectivity index (χ2n) is 6.34. The number of carbonyl (C=O) groups is 1. The summed E-state index contributed by atoms with van der Waals surface area (Å²) < 4.78 is 90.8. The lowest BCUT2D eigenvalue weighted by atomic mass is 9.85. The number of nitrogens with one attached hydrogen (secondary N) is 1. The van der Waals surface area contributed by atoms with Crippen LogP contribution < -0.4 is 11.1 Å². The Morgan fingerprint density at radius 1 is 1.22 bits per heavy atom. The van der Waals surface area contributed by atoms with Crippen LogP contribution in [-0.4, -0.2) is 36.7 Å². The molecule has 0 bridgehead atoms. The van der Waals surface area contributed by atoms with Crippen LogP contribution in [0.2, 0.25) is 0 Å². The molecule has 0 radical (unpaired) electrons. The summed E-state index contributed by atoms with van der Waals surface area (Å²) in [6.45, 7) is -1.26. The Morgan fingerprint density at radius 2 is 1.89 bits per heavy atom. The van der Waals surface area contributed by atoms with Gasteiger partial charge in [0.1, 0.15) is 5.82 Å². The number of nitrogens with zero attached hydrogens (tertiary/aromatic N) is 1. The van der Waals surface area contributed by atoms with Crippen LogP contribution >= 0.6 is 0 Å². The highest BCUT2D eigenvalue weighted by atomic mass is 19.4. The third-order valence-corrected chi connectivity index (χ3v) is 4.55. The summed E-state index contributed by atoms with van der Waals surface area (Å²) in [6, 6.07) is 1.25. The van der Waals surface area contributed by atoms with E-state index in [1.165, 1.54) is 0 Å². The van der Waals surface area contributed by atoms with Gasteiger partial charge in [0.05, 0.1) is 11.5 Å². The van der Waals surface area contributed by atoms with Gasteiger partial charge in [-0.3, -0.25) is 0 Å². The highest BCUT2D eigenvalue weighted by Gasteiger charge is 2.47. The fourth-order valence-corrected chi connectivity index (χ4v) is 3.14. The van der Waals surface area contributed by atoms with Crippen LogP contribution in [0.3, 0.4) is 0 Å². The molecule has 2 amide bonds. The van der Waals surface area contributed by atoms with Gasteiger partial charge in [0.2, 0.25) is 0 Å². The molecule has 2 rings (SSSR count). The van der Waals surface area contributed by atoms with Gasteiger partial charge in [-0.25, -0.2) is 9.18 Å². The van der Waals surface area contributed by atoms with Crippen LogP contribution in [0.4, 0.5) is 35.5 Å². The Balaban J connectivity index is 2.03. The number of hydrogen-bond donors (Lipinski definition) is 2. The molecule has 0 aliphatic carbocycles. The number of nitrogens with two attached hydrogens (primary N) is 1. The molecule has 0 aromatic heterocycles. The number of benzene rings is 1. The molecule has 1 aromatic rings. The van der Waals surface area contributed by atoms with Gasteiger partial charge in [-0.2, -0.15) is 26.3 Å². The maximum absolute atomic E-state index is 13.1. The van der Waals surface area contributed by atoms with E-state index in [0.717, 1.165) is 17.0 Å². The number of likely N-dealkylation sites (tertiary alicyclic amines) is 1. The first-order valence-electron chi connectivity index (χ1n) is 8.08. The molecule has 1 saturated heterocycles. The van der Waals surface area contributed by atoms with Crippen LogP contribution in [0.5, 0.6) is 0 Å². The van der Waals surface area contributed by atoms with Crippen molar-refractivity contribution in [1.82, 2.24) is 10.2 Å². The Labute approximate surface area is 150 Å². The monoisotopic (exact) mass is 401 g/mol. The lowest BCUT2D eigenvalue weighted by molar-refractivity contribution is -0.197. The molecular formula is C16H18F7N3O. The van der Waals surface area contributed by atoms with Gasteiger partial charge in [0.25, 0.3) is 0 Å². The Hall–Kier alpha value is -2.04. The van der Waals surface area contributed by atoms with Crippen molar-refractivity contribution >= 4 is 6.03 Å². The highest BCUT2D eigenvalue weighted by Crippen LogP contribution is 2.37. The molecule has 1 heterocycles. The van der Waals surface area contributed by atoms with E-state index in [4.69, 9.17) is 5.73 Å². The van der Waals surface area contributed by atoms with Gasteiger partial charge < -0.3 is 16.0 Å². The van der Waals surface area contributed by atoms with Gasteiger partial charge in [-0.15, -0.1) is 0 Å². The Kier molecular flexibility index (Phi) is 6.23. The number of hydrogen-bond acceptors (Lipinski definition) is 2. The zero-order valence-electron chi connectivity index (χ0n) is 14.0. The first-order chi connectivity index (χ1) is 12.4. The normalized spacial score (nSPS) is 21.3. The summed E-state index contributed by atoms with van der Waals surface area (Å²) in [4.78, 5) is 13.2. The quantitative estimate of drug-likeness (QED) is 0.762. The lowest BCUT2D eigenvalue weighted by Crippen LogP contribution is -2.52. The summed E-state index contributed by atoms with van der Waals surface area (Å²) in [5, 5.41) is 2.24. The van der Waals surface area contributed by atoms with Crippen molar-refractivity contribution in [2.24, 2.45) is 17.6 Å². The smallest absolute Gasteiger partial charge is 0.334 e. The maximum Gasteiger partial charge on any atom is 0.416 e. The molecular weight excluding hydrogens is 383 g/mol. The SMILES string of the molecule is NCC1CN(C(=O)NCc2ccc(F)cc2C(F)(F)F)CCC1C(F)(F)F. The largest absolute Gasteiger partial charge is 0.416 e. The number of carbonyl (C=O) groups excluding carboxylic acids is 1. The molecule has 2 unspecified atom stereocenters. The van der Waals surface area contributed by atoms with Crippen molar-refractivity contribution in [3.63, 3.8) is 0 Å². The number of rotatable bonds is 3. The van der Waals surface area contributed by atoms with E-state index in [-0.39, 0.29) is 31.6 Å². The Morgan fingerprint density at radius 3 is 2.44 bits per heavy atom. The standard InChI is InChI=1S/C16H18F7N3O/c17-11-2-1-9(13(5-11)16(21,22)23)7-25-14(27)26-4-3-12(15(18,19)20)10(6-24)8-26/h1-2,5,10,12H,3-4,6-8,24H2,(H,25,27). The van der Waals surface area contributed by atoms with Gasteiger partial charge in [-0.05, 0) is 30.7 Å². The number of piperidine rings is 1. The molecule has 11 heteroatoms. The minimum atomic E-state index is -4.81.